The zero-order valence-corrected chi connectivity index (χ0v) is 21.3. The maximum Gasteiger partial charge on any atom is 0.256 e. The van der Waals surface area contributed by atoms with E-state index in [0.717, 1.165) is 28.5 Å². The molecule has 0 bridgehead atoms. The molecule has 0 saturated heterocycles. The van der Waals surface area contributed by atoms with Crippen LogP contribution < -0.4 is 15.0 Å². The molecule has 0 fully saturated rings. The van der Waals surface area contributed by atoms with Gasteiger partial charge in [-0.3, -0.25) is 9.52 Å². The number of H-pyrrole nitrogens is 1. The van der Waals surface area contributed by atoms with E-state index in [9.17, 15) is 13.2 Å². The van der Waals surface area contributed by atoms with Crippen molar-refractivity contribution in [3.8, 4) is 22.9 Å². The molecule has 2 N–H and O–H groups in total. The number of rotatable bonds is 7. The monoisotopic (exact) mass is 491 g/mol. The van der Waals surface area contributed by atoms with Crippen molar-refractivity contribution in [1.82, 2.24) is 4.98 Å². The number of nitriles is 1. The van der Waals surface area contributed by atoms with Crippen LogP contribution in [0, 0.1) is 11.3 Å². The standard InChI is InChI=1S/C27H29N3O4S/c1-27(2,3)24-17-20(23-13-12-21(14-15-28)29-26(23)31)16-19(25(24)34-4)9-6-18-7-10-22(11-8-18)30-35(5,32)33/h6-13,16-17,30H,14H2,1-5H3,(H,29,31). The summed E-state index contributed by atoms with van der Waals surface area (Å²) in [5.74, 6) is 0.713. The van der Waals surface area contributed by atoms with Gasteiger partial charge in [0.05, 0.1) is 25.9 Å². The molecule has 0 spiro atoms. The Morgan fingerprint density at radius 3 is 2.31 bits per heavy atom. The van der Waals surface area contributed by atoms with Crippen LogP contribution in [0.3, 0.4) is 0 Å². The van der Waals surface area contributed by atoms with Gasteiger partial charge in [0.1, 0.15) is 5.75 Å². The number of hydrogen-bond acceptors (Lipinski definition) is 5. The summed E-state index contributed by atoms with van der Waals surface area (Å²) in [6.07, 6.45) is 5.06. The number of aromatic amines is 1. The van der Waals surface area contributed by atoms with E-state index in [0.29, 0.717) is 22.7 Å². The van der Waals surface area contributed by atoms with Gasteiger partial charge in [-0.1, -0.05) is 45.1 Å². The average Bonchev–Trinajstić information content (AvgIpc) is 2.76. The molecule has 0 aliphatic rings. The van der Waals surface area contributed by atoms with Crippen molar-refractivity contribution in [1.29, 1.82) is 5.26 Å². The lowest BCUT2D eigenvalue weighted by molar-refractivity contribution is 0.397. The van der Waals surface area contributed by atoms with Crippen LogP contribution in [0.25, 0.3) is 23.3 Å². The quantitative estimate of drug-likeness (QED) is 0.454. The van der Waals surface area contributed by atoms with Gasteiger partial charge in [-0.2, -0.15) is 5.26 Å². The minimum Gasteiger partial charge on any atom is -0.496 e. The Kier molecular flexibility index (Phi) is 7.51. The second-order valence-corrected chi connectivity index (χ2v) is 11.0. The number of pyridine rings is 1. The molecule has 35 heavy (non-hydrogen) atoms. The predicted molar refractivity (Wildman–Crippen MR) is 141 cm³/mol. The van der Waals surface area contributed by atoms with Crippen LogP contribution in [0.1, 0.15) is 43.2 Å². The molecular weight excluding hydrogens is 462 g/mol. The summed E-state index contributed by atoms with van der Waals surface area (Å²) in [6, 6.07) is 16.4. The molecule has 0 saturated carbocycles. The number of nitrogens with zero attached hydrogens (tertiary/aromatic N) is 1. The number of nitrogens with one attached hydrogen (secondary N) is 2. The van der Waals surface area contributed by atoms with Gasteiger partial charge in [-0.05, 0) is 52.9 Å². The van der Waals surface area contributed by atoms with Gasteiger partial charge in [0.15, 0.2) is 0 Å². The van der Waals surface area contributed by atoms with Gasteiger partial charge < -0.3 is 9.72 Å². The normalized spacial score (nSPS) is 11.9. The van der Waals surface area contributed by atoms with Crippen LogP contribution in [-0.2, 0) is 21.9 Å². The van der Waals surface area contributed by atoms with Crippen molar-refractivity contribution in [2.45, 2.75) is 32.6 Å². The summed E-state index contributed by atoms with van der Waals surface area (Å²) in [4.78, 5) is 15.6. The number of anilines is 1. The molecule has 1 aromatic heterocycles. The first kappa shape index (κ1) is 25.8. The maximum absolute atomic E-state index is 12.8. The van der Waals surface area contributed by atoms with E-state index in [1.807, 2.05) is 42.5 Å². The Morgan fingerprint density at radius 1 is 1.09 bits per heavy atom. The third-order valence-electron chi connectivity index (χ3n) is 5.35. The van der Waals surface area contributed by atoms with Crippen LogP contribution in [0.5, 0.6) is 5.75 Å². The zero-order valence-electron chi connectivity index (χ0n) is 20.5. The van der Waals surface area contributed by atoms with Crippen molar-refractivity contribution in [3.63, 3.8) is 0 Å². The van der Waals surface area contributed by atoms with Crippen LogP contribution in [0.4, 0.5) is 5.69 Å². The van der Waals surface area contributed by atoms with E-state index in [4.69, 9.17) is 10.00 Å². The Morgan fingerprint density at radius 2 is 1.77 bits per heavy atom. The lowest BCUT2D eigenvalue weighted by Crippen LogP contribution is -2.15. The fourth-order valence-electron chi connectivity index (χ4n) is 3.71. The minimum atomic E-state index is -3.34. The van der Waals surface area contributed by atoms with Gasteiger partial charge in [0, 0.05) is 28.1 Å². The lowest BCUT2D eigenvalue weighted by Gasteiger charge is -2.24. The molecule has 0 unspecified atom stereocenters. The topological polar surface area (TPSA) is 112 Å². The molecule has 0 aliphatic heterocycles. The molecule has 0 aliphatic carbocycles. The summed E-state index contributed by atoms with van der Waals surface area (Å²) in [7, 11) is -1.72. The van der Waals surface area contributed by atoms with Crippen LogP contribution in [0.2, 0.25) is 0 Å². The molecule has 7 nitrogen and oxygen atoms in total. The van der Waals surface area contributed by atoms with Crippen LogP contribution in [0.15, 0.2) is 53.3 Å². The van der Waals surface area contributed by atoms with Gasteiger partial charge >= 0.3 is 0 Å². The van der Waals surface area contributed by atoms with Crippen LogP contribution >= 0.6 is 0 Å². The van der Waals surface area contributed by atoms with E-state index >= 15 is 0 Å². The largest absolute Gasteiger partial charge is 0.496 e. The SMILES string of the molecule is COc1c(C=Cc2ccc(NS(C)(=O)=O)cc2)cc(-c2ccc(CC#N)[nH]c2=O)cc1C(C)(C)C. The molecule has 1 heterocycles. The van der Waals surface area contributed by atoms with Gasteiger partial charge in [-0.25, -0.2) is 8.42 Å². The molecule has 8 heteroatoms. The van der Waals surface area contributed by atoms with Crippen molar-refractivity contribution in [2.75, 3.05) is 18.1 Å². The number of ether oxygens (including phenoxy) is 1. The molecule has 0 atom stereocenters. The summed E-state index contributed by atoms with van der Waals surface area (Å²) >= 11 is 0. The summed E-state index contributed by atoms with van der Waals surface area (Å²) in [6.45, 7) is 6.24. The Bertz CT molecular complexity index is 1460. The fraction of sp³-hybridized carbons (Fsp3) is 0.259. The predicted octanol–water partition coefficient (Wildman–Crippen LogP) is 4.96. The summed E-state index contributed by atoms with van der Waals surface area (Å²) < 4.78 is 31.1. The first-order valence-corrected chi connectivity index (χ1v) is 12.9. The molecule has 0 amide bonds. The summed E-state index contributed by atoms with van der Waals surface area (Å²) in [5.41, 5.74) is 4.41. The van der Waals surface area contributed by atoms with Gasteiger partial charge in [0.25, 0.3) is 5.56 Å². The number of methoxy groups -OCH3 is 1. The average molecular weight is 492 g/mol. The second kappa shape index (κ2) is 10.2. The second-order valence-electron chi connectivity index (χ2n) is 9.29. The number of aromatic nitrogens is 1. The Balaban J connectivity index is 2.08. The summed E-state index contributed by atoms with van der Waals surface area (Å²) in [5, 5.41) is 8.91. The Labute approximate surface area is 206 Å². The highest BCUT2D eigenvalue weighted by molar-refractivity contribution is 7.92. The number of sulfonamides is 1. The highest BCUT2D eigenvalue weighted by Crippen LogP contribution is 2.38. The smallest absolute Gasteiger partial charge is 0.256 e. The minimum absolute atomic E-state index is 0.137. The first-order valence-electron chi connectivity index (χ1n) is 11.0. The van der Waals surface area contributed by atoms with Crippen molar-refractivity contribution in [2.24, 2.45) is 0 Å². The Hall–Kier alpha value is -3.83. The fourth-order valence-corrected chi connectivity index (χ4v) is 4.27. The number of hydrogen-bond donors (Lipinski definition) is 2. The molecule has 3 rings (SSSR count). The third kappa shape index (κ3) is 6.61. The van der Waals surface area contributed by atoms with Crippen LogP contribution in [-0.4, -0.2) is 26.8 Å². The highest BCUT2D eigenvalue weighted by Gasteiger charge is 2.23. The highest BCUT2D eigenvalue weighted by atomic mass is 32.2. The molecule has 3 aromatic rings. The van der Waals surface area contributed by atoms with Gasteiger partial charge in [0.2, 0.25) is 10.0 Å². The maximum atomic E-state index is 12.8. The van der Waals surface area contributed by atoms with E-state index < -0.39 is 10.0 Å². The van der Waals surface area contributed by atoms with E-state index in [2.05, 4.69) is 30.5 Å². The molecule has 182 valence electrons. The van der Waals surface area contributed by atoms with Crippen molar-refractivity contribution >= 4 is 27.9 Å². The van der Waals surface area contributed by atoms with Crippen molar-refractivity contribution < 1.29 is 13.2 Å². The molecular formula is C27H29N3O4S. The van der Waals surface area contributed by atoms with Crippen molar-refractivity contribution in [3.05, 3.63) is 81.3 Å². The lowest BCUT2D eigenvalue weighted by atomic mass is 9.83. The zero-order chi connectivity index (χ0) is 25.8. The molecule has 2 aromatic carbocycles. The van der Waals surface area contributed by atoms with E-state index in [1.165, 1.54) is 0 Å². The van der Waals surface area contributed by atoms with E-state index in [1.54, 1.807) is 31.4 Å². The molecule has 0 radical (unpaired) electrons. The van der Waals surface area contributed by atoms with Gasteiger partial charge in [-0.15, -0.1) is 0 Å². The number of benzene rings is 2. The third-order valence-corrected chi connectivity index (χ3v) is 5.96. The first-order chi connectivity index (χ1) is 16.4. The van der Waals surface area contributed by atoms with E-state index in [-0.39, 0.29) is 17.4 Å².